The number of nitrogens with zero attached hydrogens (tertiary/aromatic N) is 3. The minimum absolute atomic E-state index is 1.01. The van der Waals surface area contributed by atoms with Gasteiger partial charge in [-0.05, 0) is 35.4 Å². The van der Waals surface area contributed by atoms with Crippen molar-refractivity contribution in [3.05, 3.63) is 47.5 Å². The molecule has 0 amide bonds. The van der Waals surface area contributed by atoms with Crippen molar-refractivity contribution in [2.24, 2.45) is 0 Å². The third-order valence-corrected chi connectivity index (χ3v) is 4.27. The van der Waals surface area contributed by atoms with E-state index in [0.717, 1.165) is 6.42 Å². The topological polar surface area (TPSA) is 9.72 Å². The molecule has 0 atom stereocenters. The van der Waals surface area contributed by atoms with Crippen LogP contribution in [0.15, 0.2) is 36.4 Å². The summed E-state index contributed by atoms with van der Waals surface area (Å²) in [6.45, 7) is 0. The van der Waals surface area contributed by atoms with Crippen LogP contribution in [-0.4, -0.2) is 35.2 Å². The van der Waals surface area contributed by atoms with Gasteiger partial charge in [-0.2, -0.15) is 0 Å². The highest BCUT2D eigenvalue weighted by Crippen LogP contribution is 2.40. The molecule has 2 aromatic carbocycles. The largest absolute Gasteiger partial charge is 0.378 e. The maximum Gasteiger partial charge on any atom is 0.0464 e. The minimum Gasteiger partial charge on any atom is -0.378 e. The lowest BCUT2D eigenvalue weighted by Crippen LogP contribution is -2.20. The lowest BCUT2D eigenvalue weighted by molar-refractivity contribution is 1.04. The zero-order valence-electron chi connectivity index (χ0n) is 13.5. The van der Waals surface area contributed by atoms with Gasteiger partial charge < -0.3 is 14.7 Å². The summed E-state index contributed by atoms with van der Waals surface area (Å²) < 4.78 is 0. The molecule has 0 saturated carbocycles. The number of fused-ring (bicyclic) bond motifs is 2. The van der Waals surface area contributed by atoms with Gasteiger partial charge in [-0.3, -0.25) is 0 Å². The zero-order valence-corrected chi connectivity index (χ0v) is 13.5. The SMILES string of the molecule is CN(C)c1ccc2c(c1)N(C)c1cc(N(C)C)ccc1C2. The van der Waals surface area contributed by atoms with Gasteiger partial charge in [-0.25, -0.2) is 0 Å². The molecule has 0 radical (unpaired) electrons. The number of benzene rings is 2. The predicted molar refractivity (Wildman–Crippen MR) is 92.4 cm³/mol. The summed E-state index contributed by atoms with van der Waals surface area (Å²) in [4.78, 5) is 6.62. The average Bonchev–Trinajstić information content (AvgIpc) is 2.46. The molecule has 0 saturated heterocycles. The van der Waals surface area contributed by atoms with Crippen molar-refractivity contribution in [2.45, 2.75) is 6.42 Å². The summed E-state index contributed by atoms with van der Waals surface area (Å²) in [5, 5.41) is 0. The summed E-state index contributed by atoms with van der Waals surface area (Å²) in [7, 11) is 10.5. The third-order valence-electron chi connectivity index (χ3n) is 4.27. The summed E-state index contributed by atoms with van der Waals surface area (Å²) >= 11 is 0. The predicted octanol–water partition coefficient (Wildman–Crippen LogP) is 3.49. The molecule has 0 aromatic heterocycles. The molecule has 1 aliphatic rings. The Morgan fingerprint density at radius 3 is 1.57 bits per heavy atom. The first-order valence-corrected chi connectivity index (χ1v) is 7.31. The van der Waals surface area contributed by atoms with E-state index in [-0.39, 0.29) is 0 Å². The van der Waals surface area contributed by atoms with Gasteiger partial charge >= 0.3 is 0 Å². The van der Waals surface area contributed by atoms with E-state index < -0.39 is 0 Å². The minimum atomic E-state index is 1.01. The quantitative estimate of drug-likeness (QED) is 0.834. The first kappa shape index (κ1) is 13.8. The van der Waals surface area contributed by atoms with Gasteiger partial charge in [0, 0.05) is 64.4 Å². The van der Waals surface area contributed by atoms with Crippen molar-refractivity contribution >= 4 is 22.7 Å². The Morgan fingerprint density at radius 1 is 0.762 bits per heavy atom. The molecule has 3 nitrogen and oxygen atoms in total. The highest BCUT2D eigenvalue weighted by molar-refractivity contribution is 5.78. The van der Waals surface area contributed by atoms with Gasteiger partial charge in [0.2, 0.25) is 0 Å². The summed E-state index contributed by atoms with van der Waals surface area (Å²) in [6.07, 6.45) is 1.01. The number of anilines is 4. The molecule has 0 aliphatic carbocycles. The number of hydrogen-bond donors (Lipinski definition) is 0. The normalized spacial score (nSPS) is 12.7. The first-order valence-electron chi connectivity index (χ1n) is 7.31. The molecule has 0 fully saturated rings. The lowest BCUT2D eigenvalue weighted by Gasteiger charge is -2.32. The zero-order chi connectivity index (χ0) is 15.1. The fraction of sp³-hybridized carbons (Fsp3) is 0.333. The standard InChI is InChI=1S/C18H23N3/c1-19(2)15-8-6-13-10-14-7-9-16(20(3)4)12-18(14)21(5)17(13)11-15/h6-9,11-12H,10H2,1-5H3. The molecular weight excluding hydrogens is 258 g/mol. The van der Waals surface area contributed by atoms with Crippen molar-refractivity contribution in [1.29, 1.82) is 0 Å². The van der Waals surface area contributed by atoms with Crippen LogP contribution in [0.4, 0.5) is 22.7 Å². The maximum atomic E-state index is 2.31. The van der Waals surface area contributed by atoms with Gasteiger partial charge in [0.1, 0.15) is 0 Å². The fourth-order valence-electron chi connectivity index (χ4n) is 2.92. The van der Waals surface area contributed by atoms with Gasteiger partial charge in [0.25, 0.3) is 0 Å². The second-order valence-corrected chi connectivity index (χ2v) is 6.15. The molecule has 110 valence electrons. The average molecular weight is 281 g/mol. The Balaban J connectivity index is 2.07. The molecule has 0 unspecified atom stereocenters. The van der Waals surface area contributed by atoms with Gasteiger partial charge in [0.05, 0.1) is 0 Å². The van der Waals surface area contributed by atoms with Crippen molar-refractivity contribution in [2.75, 3.05) is 49.9 Å². The molecule has 3 rings (SSSR count). The van der Waals surface area contributed by atoms with Gasteiger partial charge in [0.15, 0.2) is 0 Å². The molecule has 1 heterocycles. The summed E-state index contributed by atoms with van der Waals surface area (Å²) in [5.74, 6) is 0. The van der Waals surface area contributed by atoms with Crippen LogP contribution in [-0.2, 0) is 6.42 Å². The van der Waals surface area contributed by atoms with E-state index in [0.29, 0.717) is 0 Å². The molecular formula is C18H23N3. The van der Waals surface area contributed by atoms with E-state index in [9.17, 15) is 0 Å². The summed E-state index contributed by atoms with van der Waals surface area (Å²) in [5.41, 5.74) is 7.90. The molecule has 21 heavy (non-hydrogen) atoms. The number of rotatable bonds is 2. The van der Waals surface area contributed by atoms with E-state index >= 15 is 0 Å². The Labute approximate surface area is 127 Å². The van der Waals surface area contributed by atoms with Crippen LogP contribution < -0.4 is 14.7 Å². The van der Waals surface area contributed by atoms with Crippen LogP contribution in [0.3, 0.4) is 0 Å². The van der Waals surface area contributed by atoms with E-state index in [1.54, 1.807) is 0 Å². The van der Waals surface area contributed by atoms with E-state index in [1.165, 1.54) is 33.9 Å². The lowest BCUT2D eigenvalue weighted by atomic mass is 9.95. The Bertz CT molecular complexity index is 617. The van der Waals surface area contributed by atoms with Crippen molar-refractivity contribution in [1.82, 2.24) is 0 Å². The van der Waals surface area contributed by atoms with E-state index in [1.807, 2.05) is 0 Å². The molecule has 3 heteroatoms. The van der Waals surface area contributed by atoms with Gasteiger partial charge in [-0.15, -0.1) is 0 Å². The molecule has 2 aromatic rings. The Kier molecular flexibility index (Phi) is 3.28. The van der Waals surface area contributed by atoms with E-state index in [2.05, 4.69) is 86.3 Å². The summed E-state index contributed by atoms with van der Waals surface area (Å²) in [6, 6.07) is 13.5. The Morgan fingerprint density at radius 2 is 1.19 bits per heavy atom. The van der Waals surface area contributed by atoms with Crippen LogP contribution in [0, 0.1) is 0 Å². The molecule has 1 aliphatic heterocycles. The molecule has 0 N–H and O–H groups in total. The van der Waals surface area contributed by atoms with Crippen LogP contribution in [0.1, 0.15) is 11.1 Å². The molecule has 0 spiro atoms. The molecule has 0 bridgehead atoms. The van der Waals surface area contributed by atoms with Crippen LogP contribution in [0.2, 0.25) is 0 Å². The smallest absolute Gasteiger partial charge is 0.0464 e. The van der Waals surface area contributed by atoms with Gasteiger partial charge in [-0.1, -0.05) is 12.1 Å². The Hall–Kier alpha value is -2.16. The van der Waals surface area contributed by atoms with Crippen LogP contribution in [0.25, 0.3) is 0 Å². The maximum absolute atomic E-state index is 2.31. The van der Waals surface area contributed by atoms with Crippen LogP contribution >= 0.6 is 0 Å². The number of hydrogen-bond acceptors (Lipinski definition) is 3. The second-order valence-electron chi connectivity index (χ2n) is 6.15. The van der Waals surface area contributed by atoms with Crippen molar-refractivity contribution < 1.29 is 0 Å². The highest BCUT2D eigenvalue weighted by atomic mass is 15.1. The monoisotopic (exact) mass is 281 g/mol. The van der Waals surface area contributed by atoms with Crippen molar-refractivity contribution in [3.63, 3.8) is 0 Å². The van der Waals surface area contributed by atoms with E-state index in [4.69, 9.17) is 0 Å². The van der Waals surface area contributed by atoms with Crippen LogP contribution in [0.5, 0.6) is 0 Å². The third kappa shape index (κ3) is 2.33. The fourth-order valence-corrected chi connectivity index (χ4v) is 2.92. The highest BCUT2D eigenvalue weighted by Gasteiger charge is 2.21. The first-order chi connectivity index (χ1) is 9.97. The van der Waals surface area contributed by atoms with Crippen molar-refractivity contribution in [3.8, 4) is 0 Å². The second kappa shape index (κ2) is 4.99.